The minimum absolute atomic E-state index is 0.101. The third-order valence-corrected chi connectivity index (χ3v) is 1.88. The van der Waals surface area contributed by atoms with Crippen LogP contribution in [0.4, 0.5) is 18.0 Å². The lowest BCUT2D eigenvalue weighted by molar-refractivity contribution is -0.123. The van der Waals surface area contributed by atoms with Crippen molar-refractivity contribution in [2.24, 2.45) is 0 Å². The first-order chi connectivity index (χ1) is 7.28. The van der Waals surface area contributed by atoms with Gasteiger partial charge < -0.3 is 15.3 Å². The van der Waals surface area contributed by atoms with E-state index in [1.54, 1.807) is 19.2 Å². The third-order valence-electron chi connectivity index (χ3n) is 1.88. The van der Waals surface area contributed by atoms with Crippen LogP contribution in [0.2, 0.25) is 0 Å². The molecular formula is C9H17F3N2O2. The lowest BCUT2D eigenvalue weighted by Gasteiger charge is -2.26. The highest BCUT2D eigenvalue weighted by molar-refractivity contribution is 5.74. The Kier molecular flexibility index (Phi) is 6.17. The fraction of sp³-hybridized carbons (Fsp3) is 0.889. The molecule has 0 spiro atoms. The maximum Gasteiger partial charge on any atom is 0.405 e. The molecule has 0 unspecified atom stereocenters. The normalized spacial score (nSPS) is 11.7. The summed E-state index contributed by atoms with van der Waals surface area (Å²) in [5.41, 5.74) is 0. The second kappa shape index (κ2) is 6.57. The van der Waals surface area contributed by atoms with Crippen molar-refractivity contribution in [1.82, 2.24) is 10.2 Å². The molecule has 0 bridgehead atoms. The van der Waals surface area contributed by atoms with Gasteiger partial charge in [-0.2, -0.15) is 13.2 Å². The Bertz CT molecular complexity index is 219. The quantitative estimate of drug-likeness (QED) is 0.764. The van der Waals surface area contributed by atoms with Crippen LogP contribution >= 0.6 is 0 Å². The molecular weight excluding hydrogens is 225 g/mol. The zero-order chi connectivity index (χ0) is 12.8. The second-order valence-electron chi connectivity index (χ2n) is 3.64. The van der Waals surface area contributed by atoms with Gasteiger partial charge in [0.1, 0.15) is 6.54 Å². The van der Waals surface area contributed by atoms with E-state index in [-0.39, 0.29) is 19.2 Å². The first-order valence-corrected chi connectivity index (χ1v) is 5.00. The van der Waals surface area contributed by atoms with E-state index >= 15 is 0 Å². The number of urea groups is 1. The molecule has 2 N–H and O–H groups in total. The van der Waals surface area contributed by atoms with E-state index in [0.717, 1.165) is 0 Å². The number of alkyl halides is 3. The van der Waals surface area contributed by atoms with Gasteiger partial charge in [0.05, 0.1) is 0 Å². The number of nitrogens with one attached hydrogen (secondary N) is 1. The smallest absolute Gasteiger partial charge is 0.396 e. The Morgan fingerprint density at radius 1 is 1.44 bits per heavy atom. The zero-order valence-corrected chi connectivity index (χ0v) is 9.34. The second-order valence-corrected chi connectivity index (χ2v) is 3.64. The number of amides is 2. The molecule has 0 radical (unpaired) electrons. The number of hydrogen-bond acceptors (Lipinski definition) is 2. The van der Waals surface area contributed by atoms with Crippen LogP contribution < -0.4 is 5.32 Å². The van der Waals surface area contributed by atoms with Crippen LogP contribution in [0, 0.1) is 0 Å². The summed E-state index contributed by atoms with van der Waals surface area (Å²) in [5.74, 6) is 0. The molecule has 16 heavy (non-hydrogen) atoms. The summed E-state index contributed by atoms with van der Waals surface area (Å²) < 4.78 is 35.6. The topological polar surface area (TPSA) is 52.6 Å². The number of carbonyl (C=O) groups excluding carboxylic acids is 1. The van der Waals surface area contributed by atoms with Crippen LogP contribution in [0.1, 0.15) is 20.3 Å². The number of nitrogens with zero attached hydrogens (tertiary/aromatic N) is 1. The largest absolute Gasteiger partial charge is 0.405 e. The van der Waals surface area contributed by atoms with Crippen molar-refractivity contribution >= 4 is 6.03 Å². The van der Waals surface area contributed by atoms with Gasteiger partial charge in [0.25, 0.3) is 0 Å². The molecule has 0 fully saturated rings. The number of rotatable bonds is 5. The van der Waals surface area contributed by atoms with E-state index < -0.39 is 18.8 Å². The molecule has 96 valence electrons. The SMILES string of the molecule is CC(C)N(CCCO)C(=O)NCC(F)(F)F. The van der Waals surface area contributed by atoms with E-state index in [1.807, 2.05) is 0 Å². The Morgan fingerprint density at radius 3 is 2.38 bits per heavy atom. The van der Waals surface area contributed by atoms with Gasteiger partial charge in [0.2, 0.25) is 0 Å². The molecule has 2 amide bonds. The molecule has 7 heteroatoms. The van der Waals surface area contributed by atoms with E-state index in [2.05, 4.69) is 0 Å². The Balaban J connectivity index is 4.17. The Labute approximate surface area is 92.4 Å². The van der Waals surface area contributed by atoms with Crippen LogP contribution in [0.5, 0.6) is 0 Å². The molecule has 0 aromatic rings. The van der Waals surface area contributed by atoms with Gasteiger partial charge in [0, 0.05) is 19.2 Å². The van der Waals surface area contributed by atoms with Crippen LogP contribution in [0.25, 0.3) is 0 Å². The highest BCUT2D eigenvalue weighted by Gasteiger charge is 2.29. The molecule has 0 saturated carbocycles. The van der Waals surface area contributed by atoms with Crippen molar-refractivity contribution < 1.29 is 23.1 Å². The average molecular weight is 242 g/mol. The van der Waals surface area contributed by atoms with Crippen molar-refractivity contribution in [2.75, 3.05) is 19.7 Å². The summed E-state index contributed by atoms with van der Waals surface area (Å²) in [6.07, 6.45) is -4.06. The Morgan fingerprint density at radius 2 is 2.00 bits per heavy atom. The maximum absolute atomic E-state index is 11.9. The summed E-state index contributed by atoms with van der Waals surface area (Å²) in [6.45, 7) is 2.19. The minimum atomic E-state index is -4.41. The number of hydrogen-bond donors (Lipinski definition) is 2. The maximum atomic E-state index is 11.9. The molecule has 4 nitrogen and oxygen atoms in total. The van der Waals surface area contributed by atoms with Gasteiger partial charge in [0.15, 0.2) is 0 Å². The van der Waals surface area contributed by atoms with Gasteiger partial charge in [-0.1, -0.05) is 0 Å². The van der Waals surface area contributed by atoms with Gasteiger partial charge in [-0.3, -0.25) is 0 Å². The average Bonchev–Trinajstić information content (AvgIpc) is 2.13. The summed E-state index contributed by atoms with van der Waals surface area (Å²) >= 11 is 0. The summed E-state index contributed by atoms with van der Waals surface area (Å²) in [6, 6.07) is -0.972. The molecule has 0 saturated heterocycles. The van der Waals surface area contributed by atoms with E-state index in [0.29, 0.717) is 6.42 Å². The number of aliphatic hydroxyl groups excluding tert-OH is 1. The molecule has 0 aliphatic carbocycles. The first kappa shape index (κ1) is 15.0. The first-order valence-electron chi connectivity index (χ1n) is 5.00. The van der Waals surface area contributed by atoms with E-state index in [1.165, 1.54) is 4.90 Å². The standard InChI is InChI=1S/C9H17F3N2O2/c1-7(2)14(4-3-5-15)8(16)13-6-9(10,11)12/h7,15H,3-6H2,1-2H3,(H,13,16). The van der Waals surface area contributed by atoms with E-state index in [9.17, 15) is 18.0 Å². The number of carbonyl (C=O) groups is 1. The molecule has 0 aliphatic rings. The van der Waals surface area contributed by atoms with Crippen molar-refractivity contribution in [3.8, 4) is 0 Å². The molecule has 0 rings (SSSR count). The van der Waals surface area contributed by atoms with E-state index in [4.69, 9.17) is 5.11 Å². The van der Waals surface area contributed by atoms with Gasteiger partial charge in [-0.05, 0) is 20.3 Å². The fourth-order valence-corrected chi connectivity index (χ4v) is 1.11. The Hall–Kier alpha value is -0.980. The molecule has 0 aliphatic heterocycles. The van der Waals surface area contributed by atoms with Crippen molar-refractivity contribution in [2.45, 2.75) is 32.5 Å². The van der Waals surface area contributed by atoms with Gasteiger partial charge in [-0.15, -0.1) is 0 Å². The van der Waals surface area contributed by atoms with Crippen molar-refractivity contribution in [3.63, 3.8) is 0 Å². The monoisotopic (exact) mass is 242 g/mol. The molecule has 0 aromatic carbocycles. The highest BCUT2D eigenvalue weighted by Crippen LogP contribution is 2.12. The predicted molar refractivity (Wildman–Crippen MR) is 53.0 cm³/mol. The summed E-state index contributed by atoms with van der Waals surface area (Å²) in [5, 5.41) is 10.4. The summed E-state index contributed by atoms with van der Waals surface area (Å²) in [7, 11) is 0. The van der Waals surface area contributed by atoms with Crippen molar-refractivity contribution in [1.29, 1.82) is 0 Å². The fourth-order valence-electron chi connectivity index (χ4n) is 1.11. The predicted octanol–water partition coefficient (Wildman–Crippen LogP) is 1.35. The minimum Gasteiger partial charge on any atom is -0.396 e. The van der Waals surface area contributed by atoms with Crippen LogP contribution in [0.3, 0.4) is 0 Å². The zero-order valence-electron chi connectivity index (χ0n) is 9.34. The molecule has 0 heterocycles. The van der Waals surface area contributed by atoms with Crippen LogP contribution in [0.15, 0.2) is 0 Å². The lowest BCUT2D eigenvalue weighted by Crippen LogP contribution is -2.47. The van der Waals surface area contributed by atoms with Crippen LogP contribution in [-0.2, 0) is 0 Å². The molecule has 0 atom stereocenters. The summed E-state index contributed by atoms with van der Waals surface area (Å²) in [4.78, 5) is 12.6. The van der Waals surface area contributed by atoms with Crippen molar-refractivity contribution in [3.05, 3.63) is 0 Å². The number of aliphatic hydroxyl groups is 1. The van der Waals surface area contributed by atoms with Gasteiger partial charge in [-0.25, -0.2) is 4.79 Å². The number of halogens is 3. The molecule has 0 aromatic heterocycles. The lowest BCUT2D eigenvalue weighted by atomic mass is 10.3. The third kappa shape index (κ3) is 6.49. The van der Waals surface area contributed by atoms with Gasteiger partial charge >= 0.3 is 12.2 Å². The van der Waals surface area contributed by atoms with Crippen LogP contribution in [-0.4, -0.2) is 48.0 Å². The highest BCUT2D eigenvalue weighted by atomic mass is 19.4.